The summed E-state index contributed by atoms with van der Waals surface area (Å²) in [4.78, 5) is 0. The standard InChI is InChI=1S/C6H8O/c1-2-4-6-5(3-1)7-6/h1-2,5-6H,3-4H2. The van der Waals surface area contributed by atoms with E-state index in [1.165, 1.54) is 0 Å². The van der Waals surface area contributed by atoms with Crippen molar-refractivity contribution >= 4 is 0 Å². The summed E-state index contributed by atoms with van der Waals surface area (Å²) in [6, 6.07) is 0. The molecule has 0 aromatic rings. The van der Waals surface area contributed by atoms with E-state index in [-0.39, 0.29) is 0 Å². The SMILES string of the molecule is C1=CCC2OC2C1. The van der Waals surface area contributed by atoms with Gasteiger partial charge in [0, 0.05) is 0 Å². The van der Waals surface area contributed by atoms with Crippen LogP contribution in [-0.2, 0) is 4.74 Å². The smallest absolute Gasteiger partial charge is 0.0879 e. The molecule has 0 aromatic heterocycles. The van der Waals surface area contributed by atoms with E-state index in [1.807, 2.05) is 0 Å². The molecule has 0 bridgehead atoms. The van der Waals surface area contributed by atoms with Gasteiger partial charge in [-0.15, -0.1) is 0 Å². The second-order valence-electron chi connectivity index (χ2n) is 2.16. The van der Waals surface area contributed by atoms with Gasteiger partial charge in [-0.1, -0.05) is 12.2 Å². The Labute approximate surface area is 43.0 Å². The second kappa shape index (κ2) is 1.10. The summed E-state index contributed by atoms with van der Waals surface area (Å²) >= 11 is 0. The van der Waals surface area contributed by atoms with Crippen LogP contribution in [0.1, 0.15) is 12.8 Å². The van der Waals surface area contributed by atoms with Crippen molar-refractivity contribution in [3.05, 3.63) is 12.2 Å². The van der Waals surface area contributed by atoms with Gasteiger partial charge in [0.15, 0.2) is 0 Å². The van der Waals surface area contributed by atoms with Crippen molar-refractivity contribution in [3.63, 3.8) is 0 Å². The van der Waals surface area contributed by atoms with E-state index in [1.54, 1.807) is 0 Å². The third-order valence-electron chi connectivity index (χ3n) is 1.59. The number of fused-ring (bicyclic) bond motifs is 1. The Balaban J connectivity index is 2.10. The van der Waals surface area contributed by atoms with Crippen molar-refractivity contribution in [2.75, 3.05) is 0 Å². The molecule has 7 heavy (non-hydrogen) atoms. The van der Waals surface area contributed by atoms with Gasteiger partial charge in [0.1, 0.15) is 0 Å². The van der Waals surface area contributed by atoms with E-state index in [0.717, 1.165) is 12.8 Å². The first-order chi connectivity index (χ1) is 3.47. The van der Waals surface area contributed by atoms with Gasteiger partial charge in [-0.25, -0.2) is 0 Å². The summed E-state index contributed by atoms with van der Waals surface area (Å²) in [5.41, 5.74) is 0. The number of hydrogen-bond acceptors (Lipinski definition) is 1. The molecule has 0 aromatic carbocycles. The molecular weight excluding hydrogens is 88.1 g/mol. The van der Waals surface area contributed by atoms with Crippen LogP contribution in [0.3, 0.4) is 0 Å². The highest BCUT2D eigenvalue weighted by molar-refractivity contribution is 5.03. The lowest BCUT2D eigenvalue weighted by atomic mass is 10.1. The van der Waals surface area contributed by atoms with Gasteiger partial charge >= 0.3 is 0 Å². The summed E-state index contributed by atoms with van der Waals surface area (Å²) in [5.74, 6) is 0. The maximum absolute atomic E-state index is 5.22. The average molecular weight is 96.1 g/mol. The Morgan fingerprint density at radius 3 is 2.14 bits per heavy atom. The van der Waals surface area contributed by atoms with Crippen LogP contribution in [0.15, 0.2) is 12.2 Å². The topological polar surface area (TPSA) is 12.5 Å². The highest BCUT2D eigenvalue weighted by atomic mass is 16.6. The van der Waals surface area contributed by atoms with Crippen molar-refractivity contribution in [2.24, 2.45) is 0 Å². The minimum atomic E-state index is 0.616. The van der Waals surface area contributed by atoms with Gasteiger partial charge < -0.3 is 4.74 Å². The molecular formula is C6H8O. The highest BCUT2D eigenvalue weighted by Crippen LogP contribution is 2.31. The molecule has 1 aliphatic heterocycles. The van der Waals surface area contributed by atoms with Crippen LogP contribution in [-0.4, -0.2) is 12.2 Å². The van der Waals surface area contributed by atoms with Crippen LogP contribution in [0, 0.1) is 0 Å². The molecule has 2 rings (SSSR count). The maximum atomic E-state index is 5.22. The zero-order valence-corrected chi connectivity index (χ0v) is 4.13. The molecule has 1 saturated heterocycles. The van der Waals surface area contributed by atoms with Crippen molar-refractivity contribution in [2.45, 2.75) is 25.0 Å². The first-order valence-electron chi connectivity index (χ1n) is 2.77. The van der Waals surface area contributed by atoms with E-state index >= 15 is 0 Å². The maximum Gasteiger partial charge on any atom is 0.0879 e. The highest BCUT2D eigenvalue weighted by Gasteiger charge is 2.37. The van der Waals surface area contributed by atoms with Gasteiger partial charge in [-0.3, -0.25) is 0 Å². The number of hydrogen-bond donors (Lipinski definition) is 0. The molecule has 1 heterocycles. The zero-order chi connectivity index (χ0) is 4.69. The molecule has 2 atom stereocenters. The third-order valence-corrected chi connectivity index (χ3v) is 1.59. The van der Waals surface area contributed by atoms with Gasteiger partial charge in [0.2, 0.25) is 0 Å². The molecule has 1 fully saturated rings. The number of ether oxygens (including phenoxy) is 1. The normalized spacial score (nSPS) is 45.7. The zero-order valence-electron chi connectivity index (χ0n) is 4.13. The Hall–Kier alpha value is -0.300. The van der Waals surface area contributed by atoms with E-state index in [2.05, 4.69) is 12.2 Å². The van der Waals surface area contributed by atoms with Crippen molar-refractivity contribution in [1.29, 1.82) is 0 Å². The summed E-state index contributed by atoms with van der Waals surface area (Å²) < 4.78 is 5.22. The molecule has 0 saturated carbocycles. The molecule has 1 heteroatoms. The van der Waals surface area contributed by atoms with Crippen molar-refractivity contribution in [1.82, 2.24) is 0 Å². The Morgan fingerprint density at radius 2 is 1.71 bits per heavy atom. The molecule has 1 nitrogen and oxygen atoms in total. The Kier molecular flexibility index (Phi) is 0.577. The number of epoxide rings is 1. The minimum Gasteiger partial charge on any atom is -0.369 e. The molecule has 38 valence electrons. The lowest BCUT2D eigenvalue weighted by Crippen LogP contribution is -1.94. The van der Waals surface area contributed by atoms with Crippen LogP contribution in [0.4, 0.5) is 0 Å². The largest absolute Gasteiger partial charge is 0.369 e. The summed E-state index contributed by atoms with van der Waals surface area (Å²) in [6.45, 7) is 0. The van der Waals surface area contributed by atoms with E-state index < -0.39 is 0 Å². The molecule has 2 unspecified atom stereocenters. The van der Waals surface area contributed by atoms with Crippen LogP contribution >= 0.6 is 0 Å². The summed E-state index contributed by atoms with van der Waals surface area (Å²) in [7, 11) is 0. The van der Waals surface area contributed by atoms with Gasteiger partial charge in [-0.05, 0) is 12.8 Å². The van der Waals surface area contributed by atoms with Crippen molar-refractivity contribution in [3.8, 4) is 0 Å². The van der Waals surface area contributed by atoms with Gasteiger partial charge in [0.05, 0.1) is 12.2 Å². The van der Waals surface area contributed by atoms with Crippen LogP contribution in [0.2, 0.25) is 0 Å². The fourth-order valence-corrected chi connectivity index (χ4v) is 1.05. The fraction of sp³-hybridized carbons (Fsp3) is 0.667. The predicted octanol–water partition coefficient (Wildman–Crippen LogP) is 1.10. The molecule has 0 amide bonds. The van der Waals surface area contributed by atoms with Crippen LogP contribution in [0.25, 0.3) is 0 Å². The molecule has 0 radical (unpaired) electrons. The molecule has 0 spiro atoms. The number of rotatable bonds is 0. The quantitative estimate of drug-likeness (QED) is 0.325. The Bertz CT molecular complexity index is 94.7. The molecule has 1 aliphatic carbocycles. The van der Waals surface area contributed by atoms with Crippen molar-refractivity contribution < 1.29 is 4.74 Å². The van der Waals surface area contributed by atoms with Gasteiger partial charge in [0.25, 0.3) is 0 Å². The summed E-state index contributed by atoms with van der Waals surface area (Å²) in [6.07, 6.45) is 7.95. The minimum absolute atomic E-state index is 0.616. The lowest BCUT2D eigenvalue weighted by Gasteiger charge is -1.91. The fourth-order valence-electron chi connectivity index (χ4n) is 1.05. The third kappa shape index (κ3) is 0.484. The second-order valence-corrected chi connectivity index (χ2v) is 2.16. The van der Waals surface area contributed by atoms with Gasteiger partial charge in [-0.2, -0.15) is 0 Å². The van der Waals surface area contributed by atoms with E-state index in [9.17, 15) is 0 Å². The average Bonchev–Trinajstić information content (AvgIpc) is 2.41. The predicted molar refractivity (Wildman–Crippen MR) is 27.0 cm³/mol. The molecule has 2 aliphatic rings. The van der Waals surface area contributed by atoms with E-state index in [4.69, 9.17) is 4.74 Å². The first-order valence-corrected chi connectivity index (χ1v) is 2.77. The lowest BCUT2D eigenvalue weighted by molar-refractivity contribution is 0.376. The monoisotopic (exact) mass is 96.1 g/mol. The first kappa shape index (κ1) is 3.67. The Morgan fingerprint density at radius 1 is 1.14 bits per heavy atom. The van der Waals surface area contributed by atoms with Crippen LogP contribution in [0.5, 0.6) is 0 Å². The van der Waals surface area contributed by atoms with Crippen LogP contribution < -0.4 is 0 Å². The van der Waals surface area contributed by atoms with E-state index in [0.29, 0.717) is 12.2 Å². The molecule has 0 N–H and O–H groups in total. The summed E-state index contributed by atoms with van der Waals surface area (Å²) in [5, 5.41) is 0.